The van der Waals surface area contributed by atoms with Crippen LogP contribution in [0.4, 0.5) is 0 Å². The minimum absolute atomic E-state index is 0.0585. The molecular weight excluding hydrogens is 288 g/mol. The maximum atomic E-state index is 12.5. The van der Waals surface area contributed by atoms with E-state index >= 15 is 0 Å². The second-order valence-electron chi connectivity index (χ2n) is 6.71. The molecule has 4 nitrogen and oxygen atoms in total. The Morgan fingerprint density at radius 2 is 2.04 bits per heavy atom. The van der Waals surface area contributed by atoms with E-state index in [1.54, 1.807) is 0 Å². The van der Waals surface area contributed by atoms with Crippen LogP contribution in [0.25, 0.3) is 10.9 Å². The molecule has 1 aromatic heterocycles. The van der Waals surface area contributed by atoms with Crippen molar-refractivity contribution in [1.82, 2.24) is 10.3 Å². The molecule has 0 saturated heterocycles. The van der Waals surface area contributed by atoms with Gasteiger partial charge in [-0.1, -0.05) is 37.5 Å². The summed E-state index contributed by atoms with van der Waals surface area (Å²) >= 11 is 0. The molecule has 3 rings (SSSR count). The summed E-state index contributed by atoms with van der Waals surface area (Å²) in [7, 11) is 0. The lowest BCUT2D eigenvalue weighted by Crippen LogP contribution is -2.41. The van der Waals surface area contributed by atoms with Crippen LogP contribution in [0.1, 0.15) is 43.4 Å². The van der Waals surface area contributed by atoms with Crippen LogP contribution in [0, 0.1) is 12.8 Å². The summed E-state index contributed by atoms with van der Waals surface area (Å²) in [4.78, 5) is 15.9. The maximum Gasteiger partial charge on any atom is 0.224 e. The van der Waals surface area contributed by atoms with E-state index in [0.717, 1.165) is 47.8 Å². The number of aliphatic hydroxyl groups excluding tert-OH is 1. The number of amides is 1. The van der Waals surface area contributed by atoms with Gasteiger partial charge in [-0.25, -0.2) is 0 Å². The van der Waals surface area contributed by atoms with Crippen molar-refractivity contribution >= 4 is 16.8 Å². The van der Waals surface area contributed by atoms with E-state index in [1.165, 1.54) is 6.42 Å². The largest absolute Gasteiger partial charge is 0.396 e. The average molecular weight is 314 g/mol. The van der Waals surface area contributed by atoms with Crippen LogP contribution in [-0.2, 0) is 11.2 Å². The van der Waals surface area contributed by atoms with Crippen molar-refractivity contribution < 1.29 is 9.90 Å². The van der Waals surface area contributed by atoms with Crippen LogP contribution in [0.15, 0.2) is 24.3 Å². The van der Waals surface area contributed by atoms with Crippen molar-refractivity contribution in [2.24, 2.45) is 5.92 Å². The summed E-state index contributed by atoms with van der Waals surface area (Å²) in [6, 6.07) is 8.21. The smallest absolute Gasteiger partial charge is 0.224 e. The highest BCUT2D eigenvalue weighted by atomic mass is 16.3. The molecule has 2 aromatic rings. The van der Waals surface area contributed by atoms with Gasteiger partial charge in [-0.2, -0.15) is 0 Å². The monoisotopic (exact) mass is 314 g/mol. The molecule has 1 saturated carbocycles. The number of hydrogen-bond donors (Lipinski definition) is 3. The van der Waals surface area contributed by atoms with Crippen LogP contribution in [0.5, 0.6) is 0 Å². The van der Waals surface area contributed by atoms with Crippen LogP contribution >= 0.6 is 0 Å². The number of rotatable bonds is 4. The number of benzene rings is 1. The van der Waals surface area contributed by atoms with Gasteiger partial charge in [0.25, 0.3) is 0 Å². The molecule has 1 heterocycles. The predicted molar refractivity (Wildman–Crippen MR) is 92.3 cm³/mol. The lowest BCUT2D eigenvalue weighted by molar-refractivity contribution is -0.121. The van der Waals surface area contributed by atoms with Gasteiger partial charge >= 0.3 is 0 Å². The zero-order valence-corrected chi connectivity index (χ0v) is 13.8. The summed E-state index contributed by atoms with van der Waals surface area (Å²) < 4.78 is 0. The third-order valence-corrected chi connectivity index (χ3v) is 5.10. The molecule has 4 heteroatoms. The second kappa shape index (κ2) is 7.18. The standard InChI is InChI=1S/C19H26N2O2/c1-13-16(15-8-5-6-10-18(15)20-13)11-19(23)21-17-9-4-2-3-7-14(17)12-22/h5-6,8,10,14,17,20,22H,2-4,7,9,11-12H2,1H3,(H,21,23). The first-order valence-corrected chi connectivity index (χ1v) is 8.65. The number of aromatic amines is 1. The lowest BCUT2D eigenvalue weighted by Gasteiger charge is -2.24. The van der Waals surface area contributed by atoms with Crippen LogP contribution in [-0.4, -0.2) is 28.6 Å². The third kappa shape index (κ3) is 3.58. The van der Waals surface area contributed by atoms with Crippen LogP contribution in [0.3, 0.4) is 0 Å². The van der Waals surface area contributed by atoms with Crippen LogP contribution in [0.2, 0.25) is 0 Å². The van der Waals surface area contributed by atoms with Crippen molar-refractivity contribution in [2.45, 2.75) is 51.5 Å². The Morgan fingerprint density at radius 3 is 2.87 bits per heavy atom. The Morgan fingerprint density at radius 1 is 1.26 bits per heavy atom. The van der Waals surface area contributed by atoms with E-state index in [1.807, 2.05) is 25.1 Å². The van der Waals surface area contributed by atoms with Gasteiger partial charge in [-0.05, 0) is 31.4 Å². The van der Waals surface area contributed by atoms with E-state index in [-0.39, 0.29) is 24.5 Å². The highest BCUT2D eigenvalue weighted by Crippen LogP contribution is 2.25. The van der Waals surface area contributed by atoms with Crippen molar-refractivity contribution in [2.75, 3.05) is 6.61 Å². The molecule has 1 aliphatic carbocycles. The molecule has 3 N–H and O–H groups in total. The molecule has 0 bridgehead atoms. The lowest BCUT2D eigenvalue weighted by atomic mass is 9.95. The second-order valence-corrected chi connectivity index (χ2v) is 6.71. The zero-order chi connectivity index (χ0) is 16.2. The molecule has 23 heavy (non-hydrogen) atoms. The number of nitrogens with one attached hydrogen (secondary N) is 2. The molecule has 0 radical (unpaired) electrons. The fraction of sp³-hybridized carbons (Fsp3) is 0.526. The first-order chi connectivity index (χ1) is 11.2. The first kappa shape index (κ1) is 16.1. The fourth-order valence-electron chi connectivity index (χ4n) is 3.77. The molecule has 1 aliphatic rings. The van der Waals surface area contributed by atoms with Gasteiger partial charge in [0.15, 0.2) is 0 Å². The quantitative estimate of drug-likeness (QED) is 0.759. The molecule has 1 aromatic carbocycles. The number of aromatic nitrogens is 1. The van der Waals surface area contributed by atoms with Gasteiger partial charge < -0.3 is 15.4 Å². The molecular formula is C19H26N2O2. The summed E-state index contributed by atoms with van der Waals surface area (Å²) in [6.07, 6.45) is 5.86. The van der Waals surface area contributed by atoms with Crippen molar-refractivity contribution in [1.29, 1.82) is 0 Å². The van der Waals surface area contributed by atoms with Gasteiger partial charge in [0.05, 0.1) is 6.42 Å². The Labute approximate surface area is 137 Å². The van der Waals surface area contributed by atoms with Crippen molar-refractivity contribution in [3.8, 4) is 0 Å². The molecule has 2 atom stereocenters. The zero-order valence-electron chi connectivity index (χ0n) is 13.8. The fourth-order valence-corrected chi connectivity index (χ4v) is 3.77. The van der Waals surface area contributed by atoms with Gasteiger partial charge in [0.2, 0.25) is 5.91 Å². The number of carbonyl (C=O) groups excluding carboxylic acids is 1. The Kier molecular flexibility index (Phi) is 5.01. The summed E-state index contributed by atoms with van der Waals surface area (Å²) in [5, 5.41) is 13.9. The highest BCUT2D eigenvalue weighted by Gasteiger charge is 2.25. The summed E-state index contributed by atoms with van der Waals surface area (Å²) in [5.74, 6) is 0.258. The van der Waals surface area contributed by atoms with Gasteiger partial charge in [-0.3, -0.25) is 4.79 Å². The van der Waals surface area contributed by atoms with E-state index in [4.69, 9.17) is 0 Å². The molecule has 1 amide bonds. The van der Waals surface area contributed by atoms with E-state index in [2.05, 4.69) is 16.4 Å². The number of aryl methyl sites for hydroxylation is 1. The third-order valence-electron chi connectivity index (χ3n) is 5.10. The molecule has 1 fully saturated rings. The molecule has 0 aliphatic heterocycles. The number of aliphatic hydroxyl groups is 1. The Balaban J connectivity index is 1.71. The SMILES string of the molecule is Cc1[nH]c2ccccc2c1CC(=O)NC1CCCCCC1CO. The Hall–Kier alpha value is -1.81. The first-order valence-electron chi connectivity index (χ1n) is 8.65. The van der Waals surface area contributed by atoms with Crippen molar-refractivity contribution in [3.05, 3.63) is 35.5 Å². The van der Waals surface area contributed by atoms with Gasteiger partial charge in [-0.15, -0.1) is 0 Å². The number of hydrogen-bond acceptors (Lipinski definition) is 2. The predicted octanol–water partition coefficient (Wildman–Crippen LogP) is 3.08. The minimum Gasteiger partial charge on any atom is -0.396 e. The average Bonchev–Trinajstić information content (AvgIpc) is 2.72. The summed E-state index contributed by atoms with van der Waals surface area (Å²) in [6.45, 7) is 2.18. The number of fused-ring (bicyclic) bond motifs is 1. The number of carbonyl (C=O) groups is 1. The molecule has 2 unspecified atom stereocenters. The van der Waals surface area contributed by atoms with Crippen molar-refractivity contribution in [3.63, 3.8) is 0 Å². The van der Waals surface area contributed by atoms with Gasteiger partial charge in [0, 0.05) is 35.2 Å². The van der Waals surface area contributed by atoms with E-state index in [9.17, 15) is 9.90 Å². The van der Waals surface area contributed by atoms with E-state index < -0.39 is 0 Å². The van der Waals surface area contributed by atoms with E-state index in [0.29, 0.717) is 6.42 Å². The normalized spacial score (nSPS) is 22.0. The number of para-hydroxylation sites is 1. The summed E-state index contributed by atoms with van der Waals surface area (Å²) in [5.41, 5.74) is 3.21. The van der Waals surface area contributed by atoms with Crippen LogP contribution < -0.4 is 5.32 Å². The topological polar surface area (TPSA) is 65.1 Å². The number of H-pyrrole nitrogens is 1. The Bertz CT molecular complexity index is 677. The van der Waals surface area contributed by atoms with Gasteiger partial charge in [0.1, 0.15) is 0 Å². The molecule has 124 valence electrons. The molecule has 0 spiro atoms. The highest BCUT2D eigenvalue weighted by molar-refractivity contribution is 5.90. The minimum atomic E-state index is 0.0585. The maximum absolute atomic E-state index is 12.5.